The van der Waals surface area contributed by atoms with Crippen molar-refractivity contribution in [2.45, 2.75) is 26.8 Å². The van der Waals surface area contributed by atoms with E-state index in [0.717, 1.165) is 6.54 Å². The van der Waals surface area contributed by atoms with Crippen molar-refractivity contribution in [3.05, 3.63) is 22.4 Å². The number of carbonyl (C=O) groups excluding carboxylic acids is 2. The minimum Gasteiger partial charge on any atom is -0.342 e. The van der Waals surface area contributed by atoms with Crippen molar-refractivity contribution in [3.8, 4) is 0 Å². The minimum absolute atomic E-state index is 0.0815. The summed E-state index contributed by atoms with van der Waals surface area (Å²) in [6, 6.07) is 4.01. The summed E-state index contributed by atoms with van der Waals surface area (Å²) in [6.45, 7) is 6.13. The lowest BCUT2D eigenvalue weighted by Gasteiger charge is -2.21. The van der Waals surface area contributed by atoms with Crippen LogP contribution in [0.1, 0.15) is 25.1 Å². The van der Waals surface area contributed by atoms with E-state index in [0.29, 0.717) is 25.4 Å². The van der Waals surface area contributed by atoms with Crippen LogP contribution in [0, 0.1) is 11.8 Å². The summed E-state index contributed by atoms with van der Waals surface area (Å²) >= 11 is 1.65. The number of thiophene rings is 1. The summed E-state index contributed by atoms with van der Waals surface area (Å²) < 4.78 is 0. The van der Waals surface area contributed by atoms with Crippen LogP contribution in [0.3, 0.4) is 0 Å². The average molecular weight is 294 g/mol. The molecule has 0 bridgehead atoms. The van der Waals surface area contributed by atoms with Crippen LogP contribution >= 0.6 is 11.3 Å². The van der Waals surface area contributed by atoms with Gasteiger partial charge in [0.25, 0.3) is 0 Å². The van der Waals surface area contributed by atoms with Crippen molar-refractivity contribution < 1.29 is 9.59 Å². The molecule has 2 rings (SSSR count). The van der Waals surface area contributed by atoms with E-state index >= 15 is 0 Å². The number of hydrogen-bond donors (Lipinski definition) is 0. The second-order valence-corrected chi connectivity index (χ2v) is 6.90. The summed E-state index contributed by atoms with van der Waals surface area (Å²) in [5.41, 5.74) is 0. The van der Waals surface area contributed by atoms with Gasteiger partial charge in [-0.3, -0.25) is 9.59 Å². The summed E-state index contributed by atoms with van der Waals surface area (Å²) in [6.07, 6.45) is 0.361. The van der Waals surface area contributed by atoms with Gasteiger partial charge in [0.05, 0.1) is 12.5 Å². The van der Waals surface area contributed by atoms with Crippen molar-refractivity contribution in [2.75, 3.05) is 20.1 Å². The molecule has 20 heavy (non-hydrogen) atoms. The summed E-state index contributed by atoms with van der Waals surface area (Å²) in [5, 5.41) is 2.01. The van der Waals surface area contributed by atoms with Gasteiger partial charge in [-0.25, -0.2) is 0 Å². The highest BCUT2D eigenvalue weighted by Crippen LogP contribution is 2.22. The summed E-state index contributed by atoms with van der Waals surface area (Å²) in [7, 11) is 1.82. The lowest BCUT2D eigenvalue weighted by Crippen LogP contribution is -2.35. The molecule has 4 nitrogen and oxygen atoms in total. The molecule has 2 heterocycles. The number of amides is 2. The molecule has 0 spiro atoms. The third kappa shape index (κ3) is 3.60. The van der Waals surface area contributed by atoms with E-state index < -0.39 is 0 Å². The van der Waals surface area contributed by atoms with E-state index in [1.54, 1.807) is 16.2 Å². The van der Waals surface area contributed by atoms with Crippen LogP contribution in [0.2, 0.25) is 0 Å². The molecule has 110 valence electrons. The number of likely N-dealkylation sites (tertiary alicyclic amines) is 1. The zero-order valence-corrected chi connectivity index (χ0v) is 13.2. The third-order valence-electron chi connectivity index (χ3n) is 3.50. The fraction of sp³-hybridized carbons (Fsp3) is 0.600. The Morgan fingerprint density at radius 3 is 2.90 bits per heavy atom. The Bertz CT molecular complexity index is 470. The highest BCUT2D eigenvalue weighted by molar-refractivity contribution is 7.09. The molecule has 1 aromatic rings. The molecule has 5 heteroatoms. The van der Waals surface area contributed by atoms with Gasteiger partial charge in [-0.1, -0.05) is 19.9 Å². The minimum atomic E-state index is -0.175. The Labute approximate surface area is 124 Å². The summed E-state index contributed by atoms with van der Waals surface area (Å²) in [4.78, 5) is 29.1. The first-order valence-corrected chi connectivity index (χ1v) is 7.90. The van der Waals surface area contributed by atoms with E-state index in [1.165, 1.54) is 4.88 Å². The maximum absolute atomic E-state index is 12.4. The molecule has 1 atom stereocenters. The van der Waals surface area contributed by atoms with E-state index in [1.807, 2.05) is 29.5 Å². The predicted molar refractivity (Wildman–Crippen MR) is 80.3 cm³/mol. The van der Waals surface area contributed by atoms with Gasteiger partial charge in [-0.2, -0.15) is 0 Å². The monoisotopic (exact) mass is 294 g/mol. The van der Waals surface area contributed by atoms with Crippen LogP contribution in [0.15, 0.2) is 17.5 Å². The third-order valence-corrected chi connectivity index (χ3v) is 4.36. The first kappa shape index (κ1) is 15.0. The first-order valence-electron chi connectivity index (χ1n) is 7.02. The zero-order chi connectivity index (χ0) is 14.7. The van der Waals surface area contributed by atoms with E-state index in [4.69, 9.17) is 0 Å². The molecule has 1 aliphatic rings. The molecule has 0 aliphatic carbocycles. The highest BCUT2D eigenvalue weighted by atomic mass is 32.1. The molecule has 2 amide bonds. The molecule has 1 aromatic heterocycles. The highest BCUT2D eigenvalue weighted by Gasteiger charge is 2.35. The normalized spacial score (nSPS) is 18.9. The van der Waals surface area contributed by atoms with Crippen molar-refractivity contribution in [2.24, 2.45) is 11.8 Å². The lowest BCUT2D eigenvalue weighted by atomic mass is 10.1. The molecule has 0 aromatic carbocycles. The Morgan fingerprint density at radius 2 is 2.30 bits per heavy atom. The quantitative estimate of drug-likeness (QED) is 0.835. The largest absolute Gasteiger partial charge is 0.342 e. The molecule has 0 N–H and O–H groups in total. The van der Waals surface area contributed by atoms with Crippen LogP contribution in [-0.2, 0) is 16.1 Å². The van der Waals surface area contributed by atoms with Crippen LogP contribution < -0.4 is 0 Å². The average Bonchev–Trinajstić information content (AvgIpc) is 2.99. The Morgan fingerprint density at radius 1 is 1.55 bits per heavy atom. The Balaban J connectivity index is 1.91. The molecular formula is C15H22N2O2S. The topological polar surface area (TPSA) is 40.6 Å². The standard InChI is InChI=1S/C15H22N2O2S/c1-11(2)8-17-9-12(7-14(17)18)15(19)16(3)10-13-5-4-6-20-13/h4-6,11-12H,7-10H2,1-3H3. The van der Waals surface area contributed by atoms with Gasteiger partial charge in [0.1, 0.15) is 0 Å². The molecule has 1 aliphatic heterocycles. The molecule has 0 saturated carbocycles. The van der Waals surface area contributed by atoms with Crippen LogP contribution in [0.5, 0.6) is 0 Å². The lowest BCUT2D eigenvalue weighted by molar-refractivity contribution is -0.135. The number of hydrogen-bond acceptors (Lipinski definition) is 3. The fourth-order valence-electron chi connectivity index (χ4n) is 2.58. The fourth-order valence-corrected chi connectivity index (χ4v) is 3.34. The van der Waals surface area contributed by atoms with E-state index in [2.05, 4.69) is 13.8 Å². The van der Waals surface area contributed by atoms with Crippen molar-refractivity contribution in [1.82, 2.24) is 9.80 Å². The van der Waals surface area contributed by atoms with Gasteiger partial charge in [0.2, 0.25) is 11.8 Å². The maximum atomic E-state index is 12.4. The Kier molecular flexibility index (Phi) is 4.81. The number of rotatable bonds is 5. The van der Waals surface area contributed by atoms with Gasteiger partial charge >= 0.3 is 0 Å². The summed E-state index contributed by atoms with van der Waals surface area (Å²) in [5.74, 6) is 0.461. The van der Waals surface area contributed by atoms with Crippen molar-refractivity contribution in [1.29, 1.82) is 0 Å². The first-order chi connectivity index (χ1) is 9.47. The predicted octanol–water partition coefficient (Wildman–Crippen LogP) is 2.21. The smallest absolute Gasteiger partial charge is 0.228 e. The van der Waals surface area contributed by atoms with Crippen LogP contribution in [0.25, 0.3) is 0 Å². The van der Waals surface area contributed by atoms with Crippen LogP contribution in [0.4, 0.5) is 0 Å². The zero-order valence-electron chi connectivity index (χ0n) is 12.3. The second-order valence-electron chi connectivity index (χ2n) is 5.87. The maximum Gasteiger partial charge on any atom is 0.228 e. The van der Waals surface area contributed by atoms with Crippen molar-refractivity contribution in [3.63, 3.8) is 0 Å². The number of carbonyl (C=O) groups is 2. The van der Waals surface area contributed by atoms with Gasteiger partial charge in [0, 0.05) is 31.4 Å². The molecule has 0 radical (unpaired) electrons. The van der Waals surface area contributed by atoms with Gasteiger partial charge < -0.3 is 9.80 Å². The molecular weight excluding hydrogens is 272 g/mol. The van der Waals surface area contributed by atoms with Crippen molar-refractivity contribution >= 4 is 23.2 Å². The van der Waals surface area contributed by atoms with E-state index in [-0.39, 0.29) is 17.7 Å². The number of nitrogens with zero attached hydrogens (tertiary/aromatic N) is 2. The molecule has 1 saturated heterocycles. The van der Waals surface area contributed by atoms with Gasteiger partial charge in [-0.05, 0) is 17.4 Å². The second kappa shape index (κ2) is 6.39. The van der Waals surface area contributed by atoms with Gasteiger partial charge in [0.15, 0.2) is 0 Å². The Hall–Kier alpha value is -1.36. The SMILES string of the molecule is CC(C)CN1CC(C(=O)N(C)Cc2cccs2)CC1=O. The van der Waals surface area contributed by atoms with Crippen LogP contribution in [-0.4, -0.2) is 41.8 Å². The molecule has 1 fully saturated rings. The van der Waals surface area contributed by atoms with E-state index in [9.17, 15) is 9.59 Å². The molecule has 1 unspecified atom stereocenters. The van der Waals surface area contributed by atoms with Gasteiger partial charge in [-0.15, -0.1) is 11.3 Å².